The molecule has 1 aliphatic heterocycles. The second-order valence-corrected chi connectivity index (χ2v) is 9.22. The summed E-state index contributed by atoms with van der Waals surface area (Å²) in [7, 11) is 0. The van der Waals surface area contributed by atoms with Crippen molar-refractivity contribution < 1.29 is 9.53 Å². The molecule has 0 aliphatic carbocycles. The number of pyridine rings is 1. The SMILES string of the molecule is Cc1ccc2nc(N(CCCN3CCOCC3)C(=O)c3c(C)nc4ccccn34)sc2c1.Cl. The van der Waals surface area contributed by atoms with E-state index in [0.29, 0.717) is 12.2 Å². The van der Waals surface area contributed by atoms with Crippen molar-refractivity contribution in [3.05, 3.63) is 59.5 Å². The first-order valence-corrected chi connectivity index (χ1v) is 11.8. The van der Waals surface area contributed by atoms with Crippen LogP contribution in [0, 0.1) is 13.8 Å². The third-order valence-electron chi connectivity index (χ3n) is 5.88. The van der Waals surface area contributed by atoms with Gasteiger partial charge in [-0.3, -0.25) is 19.0 Å². The summed E-state index contributed by atoms with van der Waals surface area (Å²) in [6.07, 6.45) is 2.77. The average molecular weight is 486 g/mol. The molecule has 5 rings (SSSR count). The maximum Gasteiger partial charge on any atom is 0.278 e. The molecule has 4 aromatic rings. The maximum atomic E-state index is 13.9. The summed E-state index contributed by atoms with van der Waals surface area (Å²) in [6, 6.07) is 12.0. The predicted octanol–water partition coefficient (Wildman–Crippen LogP) is 4.35. The zero-order valence-corrected chi connectivity index (χ0v) is 20.5. The Morgan fingerprint density at radius 2 is 1.97 bits per heavy atom. The van der Waals surface area contributed by atoms with Crippen molar-refractivity contribution in [1.82, 2.24) is 19.3 Å². The number of thiazole rings is 1. The molecule has 0 spiro atoms. The Labute approximate surface area is 203 Å². The van der Waals surface area contributed by atoms with E-state index in [4.69, 9.17) is 9.72 Å². The molecule has 1 fully saturated rings. The molecule has 7 nitrogen and oxygen atoms in total. The van der Waals surface area contributed by atoms with E-state index in [9.17, 15) is 4.79 Å². The number of benzene rings is 1. The van der Waals surface area contributed by atoms with E-state index in [1.807, 2.05) is 46.7 Å². The lowest BCUT2D eigenvalue weighted by Gasteiger charge is -2.27. The first-order valence-electron chi connectivity index (χ1n) is 11.0. The second-order valence-electron chi connectivity index (χ2n) is 8.21. The minimum absolute atomic E-state index is 0. The van der Waals surface area contributed by atoms with Crippen LogP contribution in [-0.4, -0.2) is 64.6 Å². The molecule has 0 bridgehead atoms. The van der Waals surface area contributed by atoms with E-state index < -0.39 is 0 Å². The highest BCUT2D eigenvalue weighted by molar-refractivity contribution is 7.22. The molecule has 33 heavy (non-hydrogen) atoms. The van der Waals surface area contributed by atoms with Crippen LogP contribution in [-0.2, 0) is 4.74 Å². The number of nitrogens with zero attached hydrogens (tertiary/aromatic N) is 5. The molecule has 9 heteroatoms. The van der Waals surface area contributed by atoms with Crippen molar-refractivity contribution in [3.8, 4) is 0 Å². The number of rotatable bonds is 6. The number of carbonyl (C=O) groups is 1. The number of imidazole rings is 1. The molecule has 1 saturated heterocycles. The van der Waals surface area contributed by atoms with Gasteiger partial charge in [-0.25, -0.2) is 9.97 Å². The maximum absolute atomic E-state index is 13.9. The van der Waals surface area contributed by atoms with Crippen LogP contribution in [0.5, 0.6) is 0 Å². The third kappa shape index (κ3) is 4.89. The number of anilines is 1. The van der Waals surface area contributed by atoms with Crippen LogP contribution in [0.3, 0.4) is 0 Å². The average Bonchev–Trinajstić information content (AvgIpc) is 3.36. The van der Waals surface area contributed by atoms with Gasteiger partial charge in [-0.05, 0) is 50.1 Å². The Hall–Kier alpha value is -2.52. The molecule has 3 aromatic heterocycles. The summed E-state index contributed by atoms with van der Waals surface area (Å²) in [5.41, 5.74) is 4.23. The largest absolute Gasteiger partial charge is 0.379 e. The van der Waals surface area contributed by atoms with Crippen LogP contribution in [0.4, 0.5) is 5.13 Å². The highest BCUT2D eigenvalue weighted by Crippen LogP contribution is 2.31. The number of carbonyl (C=O) groups excluding carboxylic acids is 1. The first-order chi connectivity index (χ1) is 15.6. The zero-order valence-electron chi connectivity index (χ0n) is 18.9. The second kappa shape index (κ2) is 10.2. The summed E-state index contributed by atoms with van der Waals surface area (Å²) in [5.74, 6) is -0.0565. The van der Waals surface area contributed by atoms with Crippen LogP contribution in [0.1, 0.15) is 28.2 Å². The van der Waals surface area contributed by atoms with Crippen molar-refractivity contribution in [1.29, 1.82) is 0 Å². The van der Waals surface area contributed by atoms with Gasteiger partial charge in [0.2, 0.25) is 0 Å². The van der Waals surface area contributed by atoms with E-state index in [0.717, 1.165) is 66.0 Å². The molecule has 1 amide bonds. The van der Waals surface area contributed by atoms with Crippen LogP contribution >= 0.6 is 23.7 Å². The van der Waals surface area contributed by atoms with Crippen LogP contribution in [0.2, 0.25) is 0 Å². The molecule has 0 atom stereocenters. The lowest BCUT2D eigenvalue weighted by molar-refractivity contribution is 0.0376. The minimum Gasteiger partial charge on any atom is -0.379 e. The number of hydrogen-bond donors (Lipinski definition) is 0. The molecule has 1 aromatic carbocycles. The minimum atomic E-state index is -0.0565. The number of ether oxygens (including phenoxy) is 1. The molecule has 174 valence electrons. The number of hydrogen-bond acceptors (Lipinski definition) is 6. The van der Waals surface area contributed by atoms with Gasteiger partial charge in [-0.2, -0.15) is 0 Å². The van der Waals surface area contributed by atoms with E-state index in [1.54, 1.807) is 11.3 Å². The van der Waals surface area contributed by atoms with Gasteiger partial charge >= 0.3 is 0 Å². The van der Waals surface area contributed by atoms with E-state index in [2.05, 4.69) is 28.9 Å². The highest BCUT2D eigenvalue weighted by atomic mass is 35.5. The van der Waals surface area contributed by atoms with Crippen LogP contribution in [0.25, 0.3) is 15.9 Å². The zero-order chi connectivity index (χ0) is 22.1. The van der Waals surface area contributed by atoms with Gasteiger partial charge in [0.05, 0.1) is 29.1 Å². The van der Waals surface area contributed by atoms with Crippen molar-refractivity contribution in [3.63, 3.8) is 0 Å². The molecule has 0 saturated carbocycles. The molecule has 0 N–H and O–H groups in total. The molecule has 1 aliphatic rings. The fourth-order valence-electron chi connectivity index (χ4n) is 4.20. The number of amides is 1. The molecular weight excluding hydrogens is 458 g/mol. The van der Waals surface area contributed by atoms with Gasteiger partial charge in [-0.15, -0.1) is 12.4 Å². The number of aromatic nitrogens is 3. The number of morpholine rings is 1. The quantitative estimate of drug-likeness (QED) is 0.406. The van der Waals surface area contributed by atoms with E-state index >= 15 is 0 Å². The molecule has 4 heterocycles. The number of aryl methyl sites for hydroxylation is 2. The lowest BCUT2D eigenvalue weighted by Crippen LogP contribution is -2.39. The summed E-state index contributed by atoms with van der Waals surface area (Å²) in [6.45, 7) is 8.96. The molecule has 0 radical (unpaired) electrons. The van der Waals surface area contributed by atoms with Crippen molar-refractivity contribution >= 4 is 50.6 Å². The summed E-state index contributed by atoms with van der Waals surface area (Å²) >= 11 is 1.57. The van der Waals surface area contributed by atoms with Crippen LogP contribution < -0.4 is 4.90 Å². The monoisotopic (exact) mass is 485 g/mol. The fraction of sp³-hybridized carbons (Fsp3) is 0.375. The molecular formula is C24H28ClN5O2S. The summed E-state index contributed by atoms with van der Waals surface area (Å²) in [5, 5.41) is 0.739. The van der Waals surface area contributed by atoms with Gasteiger partial charge in [0.15, 0.2) is 5.13 Å². The standard InChI is InChI=1S/C24H27N5O2S.ClH/c1-17-7-8-19-20(16-17)32-24(26-19)29(11-5-9-27-12-14-31-15-13-27)23(30)22-18(2)25-21-6-3-4-10-28(21)22;/h3-4,6-8,10,16H,5,9,11-15H2,1-2H3;1H. The van der Waals surface area contributed by atoms with Crippen molar-refractivity contribution in [2.75, 3.05) is 44.3 Å². The fourth-order valence-corrected chi connectivity index (χ4v) is 5.28. The lowest BCUT2D eigenvalue weighted by atomic mass is 10.2. The van der Waals surface area contributed by atoms with Gasteiger partial charge in [0.25, 0.3) is 5.91 Å². The van der Waals surface area contributed by atoms with Crippen molar-refractivity contribution in [2.24, 2.45) is 0 Å². The Bertz CT molecular complexity index is 1260. The Morgan fingerprint density at radius 1 is 1.15 bits per heavy atom. The van der Waals surface area contributed by atoms with E-state index in [-0.39, 0.29) is 18.3 Å². The first kappa shape index (κ1) is 23.6. The highest BCUT2D eigenvalue weighted by Gasteiger charge is 2.26. The van der Waals surface area contributed by atoms with Gasteiger partial charge in [-0.1, -0.05) is 23.5 Å². The van der Waals surface area contributed by atoms with Crippen LogP contribution in [0.15, 0.2) is 42.6 Å². The Morgan fingerprint density at radius 3 is 2.79 bits per heavy atom. The predicted molar refractivity (Wildman–Crippen MR) is 135 cm³/mol. The summed E-state index contributed by atoms with van der Waals surface area (Å²) < 4.78 is 8.43. The summed E-state index contributed by atoms with van der Waals surface area (Å²) in [4.78, 5) is 27.5. The van der Waals surface area contributed by atoms with Crippen molar-refractivity contribution in [2.45, 2.75) is 20.3 Å². The smallest absolute Gasteiger partial charge is 0.278 e. The third-order valence-corrected chi connectivity index (χ3v) is 6.92. The number of fused-ring (bicyclic) bond motifs is 2. The van der Waals surface area contributed by atoms with Gasteiger partial charge < -0.3 is 4.74 Å². The Kier molecular flexibility index (Phi) is 7.29. The Balaban J connectivity index is 0.00000259. The normalized spacial score (nSPS) is 14.5. The topological polar surface area (TPSA) is 63.0 Å². The molecule has 0 unspecified atom stereocenters. The van der Waals surface area contributed by atoms with Gasteiger partial charge in [0.1, 0.15) is 11.3 Å². The number of halogens is 1. The van der Waals surface area contributed by atoms with Gasteiger partial charge in [0, 0.05) is 32.4 Å². The van der Waals surface area contributed by atoms with E-state index in [1.165, 1.54) is 5.56 Å².